The number of allylic oxidation sites excluding steroid dienone is 4. The van der Waals surface area contributed by atoms with Crippen LogP contribution in [0.4, 0.5) is 0 Å². The first kappa shape index (κ1) is 16.7. The molecule has 0 aliphatic heterocycles. The van der Waals surface area contributed by atoms with Crippen LogP contribution in [0.25, 0.3) is 27.8 Å². The van der Waals surface area contributed by atoms with Gasteiger partial charge in [-0.1, -0.05) is 97.6 Å². The molecule has 0 heteroatoms. The molecular formula is C25H22. The first-order valence-electron chi connectivity index (χ1n) is 8.44. The molecule has 0 atom stereocenters. The normalized spacial score (nSPS) is 11.2. The Balaban J connectivity index is 2.03. The smallest absolute Gasteiger partial charge is 0.0178 e. The van der Waals surface area contributed by atoms with Crippen LogP contribution in [-0.2, 0) is 0 Å². The predicted octanol–water partition coefficient (Wildman–Crippen LogP) is 7.08. The van der Waals surface area contributed by atoms with Crippen molar-refractivity contribution in [1.82, 2.24) is 0 Å². The van der Waals surface area contributed by atoms with Gasteiger partial charge in [0.2, 0.25) is 0 Å². The zero-order chi connectivity index (χ0) is 17.6. The monoisotopic (exact) mass is 322 g/mol. The Bertz CT molecular complexity index is 942. The van der Waals surface area contributed by atoms with E-state index in [1.54, 1.807) is 6.08 Å². The maximum atomic E-state index is 3.90. The van der Waals surface area contributed by atoms with Crippen molar-refractivity contribution in [2.45, 2.75) is 6.92 Å². The topological polar surface area (TPSA) is 0 Å². The van der Waals surface area contributed by atoms with Crippen molar-refractivity contribution in [3.8, 4) is 22.3 Å². The Morgan fingerprint density at radius 1 is 0.720 bits per heavy atom. The molecular weight excluding hydrogens is 300 g/mol. The Kier molecular flexibility index (Phi) is 5.11. The molecule has 0 aliphatic rings. The summed E-state index contributed by atoms with van der Waals surface area (Å²) in [5.41, 5.74) is 8.38. The summed E-state index contributed by atoms with van der Waals surface area (Å²) in [5, 5.41) is 0. The molecule has 0 N–H and O–H groups in total. The molecule has 0 unspecified atom stereocenters. The highest BCUT2D eigenvalue weighted by atomic mass is 14.1. The van der Waals surface area contributed by atoms with Crippen LogP contribution in [0.15, 0.2) is 104 Å². The summed E-state index contributed by atoms with van der Waals surface area (Å²) in [5.74, 6) is 0. The minimum absolute atomic E-state index is 1.08. The Morgan fingerprint density at radius 2 is 1.28 bits per heavy atom. The third-order valence-corrected chi connectivity index (χ3v) is 4.26. The first-order chi connectivity index (χ1) is 12.2. The van der Waals surface area contributed by atoms with Gasteiger partial charge in [0.25, 0.3) is 0 Å². The molecule has 0 radical (unpaired) electrons. The predicted molar refractivity (Wildman–Crippen MR) is 110 cm³/mol. The van der Waals surface area contributed by atoms with Crippen molar-refractivity contribution >= 4 is 5.57 Å². The van der Waals surface area contributed by atoms with E-state index in [2.05, 4.69) is 92.9 Å². The molecule has 0 heterocycles. The van der Waals surface area contributed by atoms with Gasteiger partial charge in [-0.2, -0.15) is 0 Å². The van der Waals surface area contributed by atoms with Crippen molar-refractivity contribution < 1.29 is 0 Å². The van der Waals surface area contributed by atoms with Crippen LogP contribution < -0.4 is 0 Å². The second kappa shape index (κ2) is 7.63. The van der Waals surface area contributed by atoms with E-state index in [1.807, 2.05) is 12.2 Å². The van der Waals surface area contributed by atoms with Crippen LogP contribution >= 0.6 is 0 Å². The lowest BCUT2D eigenvalue weighted by Gasteiger charge is -2.09. The van der Waals surface area contributed by atoms with Gasteiger partial charge in [0.1, 0.15) is 0 Å². The van der Waals surface area contributed by atoms with E-state index in [-0.39, 0.29) is 0 Å². The van der Waals surface area contributed by atoms with Gasteiger partial charge in [-0.3, -0.25) is 0 Å². The number of hydrogen-bond acceptors (Lipinski definition) is 0. The summed E-state index contributed by atoms with van der Waals surface area (Å²) in [6.45, 7) is 9.81. The van der Waals surface area contributed by atoms with Crippen LogP contribution in [0, 0.1) is 6.92 Å². The van der Waals surface area contributed by atoms with Gasteiger partial charge in [-0.05, 0) is 52.4 Å². The standard InChI is InChI=1S/C25H22/c1-4-9-20(5-2)22-12-7-14-24(17-22)25-15-8-13-23(18-25)21-11-6-10-19(3)16-21/h4-18H,1-2H2,3H3/b20-9+. The molecule has 0 spiro atoms. The zero-order valence-corrected chi connectivity index (χ0v) is 14.6. The summed E-state index contributed by atoms with van der Waals surface area (Å²) in [6.07, 6.45) is 5.64. The van der Waals surface area contributed by atoms with Gasteiger partial charge in [-0.25, -0.2) is 0 Å². The molecule has 0 saturated heterocycles. The molecule has 0 bridgehead atoms. The summed E-state index contributed by atoms with van der Waals surface area (Å²) < 4.78 is 0. The van der Waals surface area contributed by atoms with Gasteiger partial charge >= 0.3 is 0 Å². The number of rotatable bonds is 5. The van der Waals surface area contributed by atoms with E-state index in [0.29, 0.717) is 0 Å². The first-order valence-corrected chi connectivity index (χ1v) is 8.44. The molecule has 3 aromatic rings. The molecule has 122 valence electrons. The van der Waals surface area contributed by atoms with Crippen LogP contribution in [0.1, 0.15) is 11.1 Å². The largest absolute Gasteiger partial charge is 0.0990 e. The van der Waals surface area contributed by atoms with Gasteiger partial charge in [0, 0.05) is 0 Å². The highest BCUT2D eigenvalue weighted by molar-refractivity contribution is 5.79. The van der Waals surface area contributed by atoms with E-state index < -0.39 is 0 Å². The second-order valence-corrected chi connectivity index (χ2v) is 6.09. The maximum absolute atomic E-state index is 3.90. The molecule has 0 aromatic heterocycles. The van der Waals surface area contributed by atoms with Gasteiger partial charge in [0.15, 0.2) is 0 Å². The van der Waals surface area contributed by atoms with E-state index in [9.17, 15) is 0 Å². The fourth-order valence-electron chi connectivity index (χ4n) is 2.99. The fourth-order valence-corrected chi connectivity index (χ4v) is 2.99. The third kappa shape index (κ3) is 3.87. The van der Waals surface area contributed by atoms with Crippen molar-refractivity contribution in [2.24, 2.45) is 0 Å². The van der Waals surface area contributed by atoms with Crippen molar-refractivity contribution in [2.75, 3.05) is 0 Å². The maximum Gasteiger partial charge on any atom is -0.0178 e. The summed E-state index contributed by atoms with van der Waals surface area (Å²) in [4.78, 5) is 0. The number of aryl methyl sites for hydroxylation is 1. The summed E-state index contributed by atoms with van der Waals surface area (Å²) in [7, 11) is 0. The molecule has 0 saturated carbocycles. The van der Waals surface area contributed by atoms with Crippen molar-refractivity contribution in [3.63, 3.8) is 0 Å². The van der Waals surface area contributed by atoms with Gasteiger partial charge in [0.05, 0.1) is 0 Å². The number of benzene rings is 3. The van der Waals surface area contributed by atoms with E-state index in [1.165, 1.54) is 27.8 Å². The molecule has 0 fully saturated rings. The molecule has 0 aliphatic carbocycles. The Morgan fingerprint density at radius 3 is 1.88 bits per heavy atom. The average molecular weight is 322 g/mol. The summed E-state index contributed by atoms with van der Waals surface area (Å²) in [6, 6.07) is 25.8. The van der Waals surface area contributed by atoms with Crippen molar-refractivity contribution in [3.05, 3.63) is 115 Å². The fraction of sp³-hybridized carbons (Fsp3) is 0.0400. The lowest BCUT2D eigenvalue weighted by Crippen LogP contribution is -1.85. The summed E-state index contributed by atoms with van der Waals surface area (Å²) >= 11 is 0. The lowest BCUT2D eigenvalue weighted by atomic mass is 9.95. The molecule has 25 heavy (non-hydrogen) atoms. The van der Waals surface area contributed by atoms with Crippen LogP contribution in [0.3, 0.4) is 0 Å². The highest BCUT2D eigenvalue weighted by Crippen LogP contribution is 2.29. The third-order valence-electron chi connectivity index (χ3n) is 4.26. The Hall–Kier alpha value is -3.12. The van der Waals surface area contributed by atoms with Crippen LogP contribution in [0.2, 0.25) is 0 Å². The minimum atomic E-state index is 1.08. The number of hydrogen-bond donors (Lipinski definition) is 0. The highest BCUT2D eigenvalue weighted by Gasteiger charge is 2.04. The SMILES string of the molecule is C=C/C=C(\C=C)c1cccc(-c2cccc(-c3cccc(C)c3)c2)c1. The molecule has 0 nitrogen and oxygen atoms in total. The van der Waals surface area contributed by atoms with Gasteiger partial charge in [-0.15, -0.1) is 0 Å². The van der Waals surface area contributed by atoms with E-state index >= 15 is 0 Å². The quantitative estimate of drug-likeness (QED) is 0.440. The van der Waals surface area contributed by atoms with Crippen molar-refractivity contribution in [1.29, 1.82) is 0 Å². The zero-order valence-electron chi connectivity index (χ0n) is 14.6. The van der Waals surface area contributed by atoms with E-state index in [4.69, 9.17) is 0 Å². The van der Waals surface area contributed by atoms with Crippen LogP contribution in [-0.4, -0.2) is 0 Å². The molecule has 0 amide bonds. The second-order valence-electron chi connectivity index (χ2n) is 6.09. The minimum Gasteiger partial charge on any atom is -0.0990 e. The average Bonchev–Trinajstić information content (AvgIpc) is 2.66. The van der Waals surface area contributed by atoms with Crippen LogP contribution in [0.5, 0.6) is 0 Å². The van der Waals surface area contributed by atoms with E-state index in [0.717, 1.165) is 11.1 Å². The Labute approximate surface area is 150 Å². The molecule has 3 aromatic carbocycles. The van der Waals surface area contributed by atoms with Gasteiger partial charge < -0.3 is 0 Å². The molecule has 3 rings (SSSR count). The lowest BCUT2D eigenvalue weighted by molar-refractivity contribution is 1.46.